The first-order valence-corrected chi connectivity index (χ1v) is 8.13. The monoisotopic (exact) mass is 275 g/mol. The maximum Gasteiger partial charge on any atom is 0.130 e. The summed E-state index contributed by atoms with van der Waals surface area (Å²) in [6, 6.07) is 2.26. The molecule has 1 saturated carbocycles. The second kappa shape index (κ2) is 5.05. The van der Waals surface area contributed by atoms with Crippen molar-refractivity contribution in [2.24, 2.45) is 5.92 Å². The minimum absolute atomic E-state index is 0.622. The van der Waals surface area contributed by atoms with Gasteiger partial charge in [0.2, 0.25) is 0 Å². The summed E-state index contributed by atoms with van der Waals surface area (Å²) in [7, 11) is 0. The Balaban J connectivity index is 1.86. The topological polar surface area (TPSA) is 53.0 Å². The molecule has 102 valence electrons. The molecular formula is C15H21N3S. The molecule has 2 aliphatic rings. The fourth-order valence-electron chi connectivity index (χ4n) is 3.07. The molecule has 1 aromatic rings. The summed E-state index contributed by atoms with van der Waals surface area (Å²) in [5.74, 6) is 1.51. The summed E-state index contributed by atoms with van der Waals surface area (Å²) in [6.07, 6.45) is 6.33. The van der Waals surface area contributed by atoms with Gasteiger partial charge in [-0.25, -0.2) is 0 Å². The maximum absolute atomic E-state index is 9.20. The Kier molecular flexibility index (Phi) is 3.40. The van der Waals surface area contributed by atoms with Crippen molar-refractivity contribution in [3.05, 3.63) is 10.4 Å². The second-order valence-corrected chi connectivity index (χ2v) is 6.79. The second-order valence-electron chi connectivity index (χ2n) is 5.79. The molecule has 1 aliphatic carbocycles. The third-order valence-electron chi connectivity index (χ3n) is 4.53. The van der Waals surface area contributed by atoms with E-state index in [1.807, 2.05) is 0 Å². The van der Waals surface area contributed by atoms with Gasteiger partial charge in [-0.1, -0.05) is 13.3 Å². The third-order valence-corrected chi connectivity index (χ3v) is 5.72. The van der Waals surface area contributed by atoms with E-state index in [0.717, 1.165) is 29.6 Å². The van der Waals surface area contributed by atoms with Crippen LogP contribution in [-0.4, -0.2) is 13.1 Å². The van der Waals surface area contributed by atoms with E-state index < -0.39 is 0 Å². The highest BCUT2D eigenvalue weighted by molar-refractivity contribution is 7.17. The molecule has 0 unspecified atom stereocenters. The van der Waals surface area contributed by atoms with Crippen LogP contribution in [0.2, 0.25) is 0 Å². The zero-order valence-electron chi connectivity index (χ0n) is 11.5. The van der Waals surface area contributed by atoms with Crippen molar-refractivity contribution in [3.63, 3.8) is 0 Å². The molecule has 2 heterocycles. The van der Waals surface area contributed by atoms with Crippen molar-refractivity contribution < 1.29 is 0 Å². The lowest BCUT2D eigenvalue weighted by molar-refractivity contribution is 0.396. The fraction of sp³-hybridized carbons (Fsp3) is 0.667. The quantitative estimate of drug-likeness (QED) is 0.915. The molecule has 0 bridgehead atoms. The first-order valence-electron chi connectivity index (χ1n) is 7.31. The highest BCUT2D eigenvalue weighted by Crippen LogP contribution is 2.52. The molecule has 3 rings (SSSR count). The van der Waals surface area contributed by atoms with Gasteiger partial charge in [-0.3, -0.25) is 0 Å². The molecule has 4 heteroatoms. The van der Waals surface area contributed by atoms with Crippen LogP contribution < -0.4 is 10.6 Å². The van der Waals surface area contributed by atoms with Gasteiger partial charge in [0.05, 0.1) is 10.7 Å². The van der Waals surface area contributed by atoms with Crippen molar-refractivity contribution in [1.82, 2.24) is 0 Å². The Bertz CT molecular complexity index is 502. The molecule has 0 atom stereocenters. The van der Waals surface area contributed by atoms with Crippen LogP contribution in [0.3, 0.4) is 0 Å². The largest absolute Gasteiger partial charge is 0.397 e. The van der Waals surface area contributed by atoms with Crippen LogP contribution in [0.4, 0.5) is 10.7 Å². The predicted octanol–water partition coefficient (Wildman–Crippen LogP) is 3.71. The van der Waals surface area contributed by atoms with Gasteiger partial charge >= 0.3 is 0 Å². The highest BCUT2D eigenvalue weighted by atomic mass is 32.1. The Hall–Kier alpha value is -1.21. The summed E-state index contributed by atoms with van der Waals surface area (Å²) in [5, 5.41) is 10.5. The van der Waals surface area contributed by atoms with Gasteiger partial charge in [0.25, 0.3) is 0 Å². The molecule has 0 spiro atoms. The zero-order valence-corrected chi connectivity index (χ0v) is 12.3. The highest BCUT2D eigenvalue weighted by Gasteiger charge is 2.34. The van der Waals surface area contributed by atoms with E-state index in [1.165, 1.54) is 42.7 Å². The van der Waals surface area contributed by atoms with Gasteiger partial charge in [0.1, 0.15) is 10.9 Å². The first kappa shape index (κ1) is 12.8. The molecule has 0 aromatic carbocycles. The number of nitrogens with zero attached hydrogens (tertiary/aromatic N) is 2. The van der Waals surface area contributed by atoms with Gasteiger partial charge in [0.15, 0.2) is 0 Å². The lowest BCUT2D eigenvalue weighted by Gasteiger charge is -2.33. The molecule has 2 N–H and O–H groups in total. The number of anilines is 2. The smallest absolute Gasteiger partial charge is 0.130 e. The molecule has 0 amide bonds. The normalized spacial score (nSPS) is 20.5. The Morgan fingerprint density at radius 2 is 2.00 bits per heavy atom. The standard InChI is InChI=1S/C15H21N3S/c1-2-10-5-7-18(8-6-10)15-13(11-3-4-11)14(17)12(9-16)19-15/h10-11H,2-8,17H2,1H3. The molecule has 1 saturated heterocycles. The molecular weight excluding hydrogens is 254 g/mol. The third kappa shape index (κ3) is 2.32. The number of nitriles is 1. The number of nitrogens with two attached hydrogens (primary N) is 1. The van der Waals surface area contributed by atoms with Gasteiger partial charge in [-0.2, -0.15) is 5.26 Å². The van der Waals surface area contributed by atoms with Crippen LogP contribution >= 0.6 is 11.3 Å². The Labute approximate surface area is 119 Å². The Morgan fingerprint density at radius 3 is 2.53 bits per heavy atom. The average Bonchev–Trinajstić information content (AvgIpc) is 3.23. The zero-order chi connectivity index (χ0) is 13.4. The maximum atomic E-state index is 9.20. The number of hydrogen-bond acceptors (Lipinski definition) is 4. The lowest BCUT2D eigenvalue weighted by atomic mass is 9.94. The summed E-state index contributed by atoms with van der Waals surface area (Å²) in [4.78, 5) is 3.19. The van der Waals surface area contributed by atoms with E-state index >= 15 is 0 Å². The minimum atomic E-state index is 0.622. The fourth-order valence-corrected chi connectivity index (χ4v) is 4.23. The van der Waals surface area contributed by atoms with Crippen LogP contribution in [0.1, 0.15) is 55.4 Å². The van der Waals surface area contributed by atoms with Gasteiger partial charge < -0.3 is 10.6 Å². The van der Waals surface area contributed by atoms with E-state index in [-0.39, 0.29) is 0 Å². The van der Waals surface area contributed by atoms with Crippen molar-refractivity contribution in [3.8, 4) is 6.07 Å². The summed E-state index contributed by atoms with van der Waals surface area (Å²) in [6.45, 7) is 4.54. The lowest BCUT2D eigenvalue weighted by Crippen LogP contribution is -2.33. The van der Waals surface area contributed by atoms with E-state index in [1.54, 1.807) is 11.3 Å². The average molecular weight is 275 g/mol. The van der Waals surface area contributed by atoms with E-state index in [4.69, 9.17) is 5.73 Å². The first-order chi connectivity index (χ1) is 9.24. The molecule has 3 nitrogen and oxygen atoms in total. The van der Waals surface area contributed by atoms with Crippen molar-refractivity contribution in [2.75, 3.05) is 23.7 Å². The summed E-state index contributed by atoms with van der Waals surface area (Å²) in [5.41, 5.74) is 8.23. The predicted molar refractivity (Wildman–Crippen MR) is 80.6 cm³/mol. The number of thiophene rings is 1. The van der Waals surface area contributed by atoms with E-state index in [0.29, 0.717) is 5.92 Å². The number of piperidine rings is 1. The van der Waals surface area contributed by atoms with Crippen LogP contribution in [0, 0.1) is 17.2 Å². The SMILES string of the molecule is CCC1CCN(c2sc(C#N)c(N)c2C2CC2)CC1. The van der Waals surface area contributed by atoms with Crippen LogP contribution in [0.25, 0.3) is 0 Å². The van der Waals surface area contributed by atoms with E-state index in [2.05, 4.69) is 17.9 Å². The molecule has 1 aromatic heterocycles. The summed E-state index contributed by atoms with van der Waals surface area (Å²) < 4.78 is 0. The number of nitrogen functional groups attached to an aromatic ring is 1. The minimum Gasteiger partial charge on any atom is -0.397 e. The van der Waals surface area contributed by atoms with Crippen LogP contribution in [0.5, 0.6) is 0 Å². The molecule has 19 heavy (non-hydrogen) atoms. The molecule has 0 radical (unpaired) electrons. The van der Waals surface area contributed by atoms with Gasteiger partial charge in [-0.15, -0.1) is 11.3 Å². The van der Waals surface area contributed by atoms with Crippen molar-refractivity contribution >= 4 is 22.0 Å². The molecule has 2 fully saturated rings. The number of hydrogen-bond donors (Lipinski definition) is 1. The molecule has 1 aliphatic heterocycles. The van der Waals surface area contributed by atoms with Crippen molar-refractivity contribution in [2.45, 2.75) is 44.9 Å². The van der Waals surface area contributed by atoms with Gasteiger partial charge in [-0.05, 0) is 37.5 Å². The van der Waals surface area contributed by atoms with Crippen LogP contribution in [0.15, 0.2) is 0 Å². The Morgan fingerprint density at radius 1 is 1.32 bits per heavy atom. The van der Waals surface area contributed by atoms with Gasteiger partial charge in [0, 0.05) is 18.7 Å². The number of rotatable bonds is 3. The van der Waals surface area contributed by atoms with Crippen LogP contribution in [-0.2, 0) is 0 Å². The van der Waals surface area contributed by atoms with E-state index in [9.17, 15) is 5.26 Å². The summed E-state index contributed by atoms with van der Waals surface area (Å²) >= 11 is 1.61. The van der Waals surface area contributed by atoms with Crippen molar-refractivity contribution in [1.29, 1.82) is 5.26 Å².